The molecule has 9 heteroatoms. The Morgan fingerprint density at radius 2 is 1.24 bits per heavy atom. The lowest BCUT2D eigenvalue weighted by atomic mass is 9.97. The molecule has 4 aromatic carbocycles. The minimum atomic E-state index is -3.74. The molecule has 4 nitrogen and oxygen atoms in total. The smallest absolute Gasteiger partial charge is 0.200 e. The maximum absolute atomic E-state index is 12.7. The highest BCUT2D eigenvalue weighted by atomic mass is 32.2. The predicted octanol–water partition coefficient (Wildman–Crippen LogP) is 6.65. The van der Waals surface area contributed by atoms with Gasteiger partial charge in [0, 0.05) is 10.4 Å². The van der Waals surface area contributed by atoms with Crippen LogP contribution in [0, 0.1) is 6.92 Å². The van der Waals surface area contributed by atoms with E-state index in [1.807, 2.05) is 13.0 Å². The van der Waals surface area contributed by atoms with Crippen molar-refractivity contribution in [3.05, 3.63) is 110 Å². The first kappa shape index (κ1) is 24.8. The van der Waals surface area contributed by atoms with Crippen molar-refractivity contribution in [1.29, 1.82) is 0 Å². The van der Waals surface area contributed by atoms with E-state index >= 15 is 0 Å². The third-order valence-electron chi connectivity index (χ3n) is 5.99. The summed E-state index contributed by atoms with van der Waals surface area (Å²) in [6.07, 6.45) is 1.56. The van der Waals surface area contributed by atoms with E-state index in [0.717, 1.165) is 16.5 Å². The maximum atomic E-state index is 12.7. The lowest BCUT2D eigenvalue weighted by Crippen LogP contribution is -2.18. The lowest BCUT2D eigenvalue weighted by Gasteiger charge is -2.11. The Balaban J connectivity index is 1.51. The topological polar surface area (TPSA) is 58.5 Å². The number of hydrogen-bond donors (Lipinski definition) is 1. The van der Waals surface area contributed by atoms with E-state index in [4.69, 9.17) is 0 Å². The van der Waals surface area contributed by atoms with Crippen molar-refractivity contribution in [2.75, 3.05) is 0 Å². The quantitative estimate of drug-likeness (QED) is 0.167. The Morgan fingerprint density at radius 3 is 1.84 bits per heavy atom. The first-order valence-electron chi connectivity index (χ1n) is 11.3. The van der Waals surface area contributed by atoms with E-state index in [-0.39, 0.29) is 4.90 Å². The lowest BCUT2D eigenvalue weighted by molar-refractivity contribution is 0.584. The highest BCUT2D eigenvalue weighted by Gasteiger charge is 2.16. The van der Waals surface area contributed by atoms with Crippen LogP contribution in [0.2, 0.25) is 0 Å². The Kier molecular flexibility index (Phi) is 6.89. The van der Waals surface area contributed by atoms with Gasteiger partial charge in [-0.15, -0.1) is 0 Å². The van der Waals surface area contributed by atoms with Gasteiger partial charge in [-0.05, 0) is 73.9 Å². The Labute approximate surface area is 232 Å². The number of fused-ring (bicyclic) bond motifs is 2. The number of nitrogens with zero attached hydrogens (tertiary/aromatic N) is 1. The van der Waals surface area contributed by atoms with Gasteiger partial charge in [-0.2, -0.15) is 13.5 Å². The van der Waals surface area contributed by atoms with Crippen molar-refractivity contribution in [3.8, 4) is 0 Å². The van der Waals surface area contributed by atoms with Crippen LogP contribution < -0.4 is 15.3 Å². The Bertz CT molecular complexity index is 1860. The van der Waals surface area contributed by atoms with Gasteiger partial charge in [0.25, 0.3) is 10.0 Å². The molecule has 2 aliphatic heterocycles. The number of sulfonamides is 1. The molecule has 2 aliphatic rings. The molecule has 0 aliphatic carbocycles. The van der Waals surface area contributed by atoms with Gasteiger partial charge in [0.2, 0.25) is 0 Å². The van der Waals surface area contributed by atoms with Crippen LogP contribution in [0.4, 0.5) is 0 Å². The molecule has 0 fully saturated rings. The maximum Gasteiger partial charge on any atom is 0.276 e. The standard InChI is InChI=1S/C28H20N2O2S5/c1-18-6-9-20(10-7-18)37(31,32)30-29-17-19-8-11-23-24(16-19)26(28-35-14-15-36-28)22-5-3-2-4-21(22)25(23)27-33-12-13-34-27/h2-17,30H,1H3/b29-17+. The Hall–Kier alpha value is -2.56. The molecular formula is C28H20N2O2S5. The summed E-state index contributed by atoms with van der Waals surface area (Å²) in [5.74, 6) is 0. The zero-order valence-electron chi connectivity index (χ0n) is 19.5. The number of nitrogens with one attached hydrogen (secondary N) is 1. The van der Waals surface area contributed by atoms with Crippen molar-refractivity contribution in [2.24, 2.45) is 5.10 Å². The molecule has 184 valence electrons. The normalized spacial score (nSPS) is 15.6. The van der Waals surface area contributed by atoms with Crippen LogP contribution in [0.1, 0.15) is 11.1 Å². The highest BCUT2D eigenvalue weighted by Crippen LogP contribution is 2.41. The van der Waals surface area contributed by atoms with Crippen LogP contribution in [0.25, 0.3) is 30.0 Å². The molecule has 6 rings (SSSR count). The second-order valence-corrected chi connectivity index (χ2v) is 14.2. The first-order valence-corrected chi connectivity index (χ1v) is 16.3. The summed E-state index contributed by atoms with van der Waals surface area (Å²) in [5.41, 5.74) is 1.81. The van der Waals surface area contributed by atoms with Gasteiger partial charge in [0.1, 0.15) is 0 Å². The molecule has 0 atom stereocenters. The molecule has 0 spiro atoms. The molecule has 4 aromatic rings. The summed E-state index contributed by atoms with van der Waals surface area (Å²) >= 11 is 6.96. The van der Waals surface area contributed by atoms with Crippen LogP contribution >= 0.6 is 47.0 Å². The molecular weight excluding hydrogens is 557 g/mol. The third kappa shape index (κ3) is 4.86. The summed E-state index contributed by atoms with van der Waals surface area (Å²) in [5, 5.41) is 19.7. The summed E-state index contributed by atoms with van der Waals surface area (Å²) < 4.78 is 27.8. The van der Waals surface area contributed by atoms with Crippen molar-refractivity contribution in [1.82, 2.24) is 4.83 Å². The van der Waals surface area contributed by atoms with E-state index in [9.17, 15) is 8.42 Å². The van der Waals surface area contributed by atoms with Gasteiger partial charge in [-0.1, -0.05) is 101 Å². The first-order chi connectivity index (χ1) is 18.0. The second kappa shape index (κ2) is 10.3. The van der Waals surface area contributed by atoms with Gasteiger partial charge >= 0.3 is 0 Å². The molecule has 37 heavy (non-hydrogen) atoms. The molecule has 0 bridgehead atoms. The molecule has 0 aromatic heterocycles. The van der Waals surface area contributed by atoms with E-state index in [1.54, 1.807) is 77.5 Å². The average molecular weight is 577 g/mol. The largest absolute Gasteiger partial charge is 0.276 e. The zero-order valence-corrected chi connectivity index (χ0v) is 23.6. The molecule has 0 radical (unpaired) electrons. The fraction of sp³-hybridized carbons (Fsp3) is 0.0357. The number of hydrazone groups is 1. The van der Waals surface area contributed by atoms with Crippen molar-refractivity contribution in [2.45, 2.75) is 11.8 Å². The SMILES string of the molecule is Cc1ccc(S(=O)(=O)N/N=C/c2ccc3c(=C4SC=CS4)c4ccccc4c(=C4SC=CS4)c3c2)cc1. The number of rotatable bonds is 4. The second-order valence-electron chi connectivity index (χ2n) is 8.36. The highest BCUT2D eigenvalue weighted by molar-refractivity contribution is 8.35. The predicted molar refractivity (Wildman–Crippen MR) is 165 cm³/mol. The molecule has 0 saturated heterocycles. The van der Waals surface area contributed by atoms with Gasteiger partial charge in [0.15, 0.2) is 0 Å². The summed E-state index contributed by atoms with van der Waals surface area (Å²) in [6, 6.07) is 21.5. The van der Waals surface area contributed by atoms with Gasteiger partial charge < -0.3 is 0 Å². The van der Waals surface area contributed by atoms with Crippen molar-refractivity contribution >= 4 is 93.3 Å². The monoisotopic (exact) mass is 576 g/mol. The van der Waals surface area contributed by atoms with E-state index in [2.05, 4.69) is 68.0 Å². The molecule has 2 heterocycles. The Morgan fingerprint density at radius 1 is 0.703 bits per heavy atom. The van der Waals surface area contributed by atoms with Crippen LogP contribution in [-0.4, -0.2) is 14.6 Å². The van der Waals surface area contributed by atoms with Crippen LogP contribution in [0.5, 0.6) is 0 Å². The van der Waals surface area contributed by atoms with Crippen molar-refractivity contribution < 1.29 is 8.42 Å². The zero-order chi connectivity index (χ0) is 25.4. The van der Waals surface area contributed by atoms with Crippen molar-refractivity contribution in [3.63, 3.8) is 0 Å². The van der Waals surface area contributed by atoms with Gasteiger partial charge in [0.05, 0.1) is 19.6 Å². The van der Waals surface area contributed by atoms with Crippen LogP contribution in [0.3, 0.4) is 0 Å². The number of benzene rings is 4. The number of aryl methyl sites for hydroxylation is 1. The molecule has 0 saturated carbocycles. The third-order valence-corrected chi connectivity index (χ3v) is 11.5. The number of hydrogen-bond acceptors (Lipinski definition) is 7. The van der Waals surface area contributed by atoms with E-state index in [0.29, 0.717) is 0 Å². The average Bonchev–Trinajstić information content (AvgIpc) is 3.62. The minimum Gasteiger partial charge on any atom is -0.200 e. The van der Waals surface area contributed by atoms with Gasteiger partial charge in [-0.25, -0.2) is 4.83 Å². The summed E-state index contributed by atoms with van der Waals surface area (Å²) in [6.45, 7) is 1.92. The minimum absolute atomic E-state index is 0.184. The molecule has 1 N–H and O–H groups in total. The summed E-state index contributed by atoms with van der Waals surface area (Å²) in [7, 11) is -3.74. The number of thioether (sulfide) groups is 4. The van der Waals surface area contributed by atoms with Gasteiger partial charge in [-0.3, -0.25) is 0 Å². The van der Waals surface area contributed by atoms with Crippen LogP contribution in [0.15, 0.2) is 98.4 Å². The fourth-order valence-corrected chi connectivity index (χ4v) is 8.94. The molecule has 0 amide bonds. The van der Waals surface area contributed by atoms with E-state index in [1.165, 1.54) is 35.1 Å². The summed E-state index contributed by atoms with van der Waals surface area (Å²) in [4.78, 5) is 2.53. The van der Waals surface area contributed by atoms with E-state index < -0.39 is 10.0 Å². The fourth-order valence-electron chi connectivity index (χ4n) is 4.31. The molecule has 0 unspecified atom stereocenters. The van der Waals surface area contributed by atoms with Crippen LogP contribution in [-0.2, 0) is 10.0 Å².